The van der Waals surface area contributed by atoms with Gasteiger partial charge in [0.2, 0.25) is 6.79 Å². The Bertz CT molecular complexity index is 1180. The van der Waals surface area contributed by atoms with Gasteiger partial charge < -0.3 is 14.8 Å². The Morgan fingerprint density at radius 1 is 1.25 bits per heavy atom. The second-order valence-corrected chi connectivity index (χ2v) is 6.38. The lowest BCUT2D eigenvalue weighted by Gasteiger charge is -2.09. The molecule has 9 nitrogen and oxygen atoms in total. The van der Waals surface area contributed by atoms with Crippen LogP contribution in [0.5, 0.6) is 11.5 Å². The number of pyridine rings is 1. The Balaban J connectivity index is 1.57. The summed E-state index contributed by atoms with van der Waals surface area (Å²) < 4.78 is 12.0. The Morgan fingerprint density at radius 3 is 2.89 bits per heavy atom. The molecule has 0 atom stereocenters. The number of rotatable bonds is 5. The molecule has 1 aromatic carbocycles. The SMILES string of the molecule is CCCn1c(=O)[nH]c(=O)c2cc(C(=O)NCc3ccc4c(c3)OCO4)cnc21. The number of hydrogen-bond acceptors (Lipinski definition) is 6. The van der Waals surface area contributed by atoms with Crippen molar-refractivity contribution in [1.29, 1.82) is 0 Å². The van der Waals surface area contributed by atoms with Crippen LogP contribution in [-0.2, 0) is 13.1 Å². The lowest BCUT2D eigenvalue weighted by atomic mass is 10.2. The van der Waals surface area contributed by atoms with Crippen molar-refractivity contribution in [3.05, 3.63) is 62.4 Å². The second-order valence-electron chi connectivity index (χ2n) is 6.38. The minimum absolute atomic E-state index is 0.186. The highest BCUT2D eigenvalue weighted by Gasteiger charge is 2.15. The maximum atomic E-state index is 12.5. The molecule has 0 bridgehead atoms. The molecule has 144 valence electrons. The molecule has 0 fully saturated rings. The van der Waals surface area contributed by atoms with E-state index in [0.29, 0.717) is 24.5 Å². The predicted molar refractivity (Wildman–Crippen MR) is 101 cm³/mol. The molecular weight excluding hydrogens is 364 g/mol. The number of benzene rings is 1. The van der Waals surface area contributed by atoms with Gasteiger partial charge in [0.25, 0.3) is 11.5 Å². The van der Waals surface area contributed by atoms with Crippen LogP contribution in [0.15, 0.2) is 40.1 Å². The summed E-state index contributed by atoms with van der Waals surface area (Å²) in [5, 5.41) is 2.98. The first-order valence-electron chi connectivity index (χ1n) is 8.86. The molecule has 9 heteroatoms. The van der Waals surface area contributed by atoms with Crippen LogP contribution in [0, 0.1) is 0 Å². The Kier molecular flexibility index (Phi) is 4.56. The maximum absolute atomic E-state index is 12.5. The van der Waals surface area contributed by atoms with Crippen molar-refractivity contribution in [2.45, 2.75) is 26.4 Å². The summed E-state index contributed by atoms with van der Waals surface area (Å²) in [7, 11) is 0. The van der Waals surface area contributed by atoms with Gasteiger partial charge >= 0.3 is 5.69 Å². The van der Waals surface area contributed by atoms with Gasteiger partial charge in [-0.3, -0.25) is 19.1 Å². The van der Waals surface area contributed by atoms with Gasteiger partial charge in [-0.25, -0.2) is 9.78 Å². The van der Waals surface area contributed by atoms with E-state index in [9.17, 15) is 14.4 Å². The van der Waals surface area contributed by atoms with Crippen molar-refractivity contribution in [3.63, 3.8) is 0 Å². The van der Waals surface area contributed by atoms with Gasteiger partial charge in [-0.05, 0) is 30.2 Å². The van der Waals surface area contributed by atoms with E-state index in [1.165, 1.54) is 16.8 Å². The maximum Gasteiger partial charge on any atom is 0.329 e. The van der Waals surface area contributed by atoms with Crippen molar-refractivity contribution in [3.8, 4) is 11.5 Å². The van der Waals surface area contributed by atoms with Gasteiger partial charge in [-0.1, -0.05) is 13.0 Å². The van der Waals surface area contributed by atoms with Crippen LogP contribution in [0.25, 0.3) is 11.0 Å². The van der Waals surface area contributed by atoms with E-state index in [2.05, 4.69) is 15.3 Å². The Hall–Kier alpha value is -3.62. The highest BCUT2D eigenvalue weighted by atomic mass is 16.7. The number of aromatic nitrogens is 3. The van der Waals surface area contributed by atoms with E-state index in [4.69, 9.17) is 9.47 Å². The highest BCUT2D eigenvalue weighted by molar-refractivity contribution is 5.96. The van der Waals surface area contributed by atoms with E-state index in [1.807, 2.05) is 13.0 Å². The van der Waals surface area contributed by atoms with Gasteiger partial charge in [0.15, 0.2) is 11.5 Å². The fourth-order valence-corrected chi connectivity index (χ4v) is 3.06. The number of aromatic amines is 1. The fourth-order valence-electron chi connectivity index (χ4n) is 3.06. The zero-order chi connectivity index (χ0) is 19.7. The van der Waals surface area contributed by atoms with Gasteiger partial charge in [0.1, 0.15) is 5.65 Å². The first-order valence-corrected chi connectivity index (χ1v) is 8.86. The number of ether oxygens (including phenoxy) is 2. The van der Waals surface area contributed by atoms with Crippen LogP contribution in [0.4, 0.5) is 0 Å². The molecule has 4 rings (SSSR count). The summed E-state index contributed by atoms with van der Waals surface area (Å²) in [6.45, 7) is 2.81. The number of carbonyl (C=O) groups excluding carboxylic acids is 1. The lowest BCUT2D eigenvalue weighted by molar-refractivity contribution is 0.0950. The molecule has 3 aromatic rings. The summed E-state index contributed by atoms with van der Waals surface area (Å²) >= 11 is 0. The van der Waals surface area contributed by atoms with E-state index < -0.39 is 11.2 Å². The molecule has 3 heterocycles. The molecule has 1 aliphatic heterocycles. The fraction of sp³-hybridized carbons (Fsp3) is 0.263. The minimum atomic E-state index is -0.565. The highest BCUT2D eigenvalue weighted by Crippen LogP contribution is 2.32. The summed E-state index contributed by atoms with van der Waals surface area (Å²) in [4.78, 5) is 43.1. The average molecular weight is 382 g/mol. The molecule has 0 aliphatic carbocycles. The molecule has 0 spiro atoms. The standard InChI is InChI=1S/C19H18N4O5/c1-2-5-23-16-13(18(25)22-19(23)26)7-12(9-20-16)17(24)21-8-11-3-4-14-15(6-11)28-10-27-14/h3-4,6-7,9H,2,5,8,10H2,1H3,(H,21,24)(H,22,25,26). The summed E-state index contributed by atoms with van der Waals surface area (Å²) in [5.41, 5.74) is 0.279. The van der Waals surface area contributed by atoms with Gasteiger partial charge in [-0.2, -0.15) is 0 Å². The zero-order valence-electron chi connectivity index (χ0n) is 15.2. The summed E-state index contributed by atoms with van der Waals surface area (Å²) in [6.07, 6.45) is 2.07. The number of nitrogens with zero attached hydrogens (tertiary/aromatic N) is 2. The lowest BCUT2D eigenvalue weighted by Crippen LogP contribution is -2.31. The average Bonchev–Trinajstić information content (AvgIpc) is 3.17. The van der Waals surface area contributed by atoms with E-state index in [0.717, 1.165) is 5.56 Å². The number of fused-ring (bicyclic) bond motifs is 2. The van der Waals surface area contributed by atoms with Crippen molar-refractivity contribution >= 4 is 16.9 Å². The number of H-pyrrole nitrogens is 1. The first-order chi connectivity index (χ1) is 13.6. The molecule has 0 radical (unpaired) electrons. The van der Waals surface area contributed by atoms with Crippen LogP contribution >= 0.6 is 0 Å². The van der Waals surface area contributed by atoms with Crippen LogP contribution < -0.4 is 26.0 Å². The third-order valence-corrected chi connectivity index (χ3v) is 4.43. The summed E-state index contributed by atoms with van der Waals surface area (Å²) in [5.74, 6) is 0.936. The van der Waals surface area contributed by atoms with E-state index in [1.54, 1.807) is 12.1 Å². The molecule has 28 heavy (non-hydrogen) atoms. The molecule has 2 N–H and O–H groups in total. The summed E-state index contributed by atoms with van der Waals surface area (Å²) in [6, 6.07) is 6.87. The van der Waals surface area contributed by atoms with E-state index >= 15 is 0 Å². The molecule has 2 aromatic heterocycles. The smallest absolute Gasteiger partial charge is 0.329 e. The Morgan fingerprint density at radius 2 is 2.07 bits per heavy atom. The third kappa shape index (κ3) is 3.22. The van der Waals surface area contributed by atoms with Crippen molar-refractivity contribution < 1.29 is 14.3 Å². The number of carbonyl (C=O) groups is 1. The third-order valence-electron chi connectivity index (χ3n) is 4.43. The molecular formula is C19H18N4O5. The monoisotopic (exact) mass is 382 g/mol. The molecule has 1 amide bonds. The van der Waals surface area contributed by atoms with Crippen LogP contribution in [0.3, 0.4) is 0 Å². The zero-order valence-corrected chi connectivity index (χ0v) is 15.2. The molecule has 1 aliphatic rings. The molecule has 0 saturated heterocycles. The Labute approximate surface area is 158 Å². The predicted octanol–water partition coefficient (Wildman–Crippen LogP) is 1.15. The number of nitrogens with one attached hydrogen (secondary N) is 2. The van der Waals surface area contributed by atoms with Crippen molar-refractivity contribution in [2.24, 2.45) is 0 Å². The van der Waals surface area contributed by atoms with Gasteiger partial charge in [0.05, 0.1) is 10.9 Å². The number of aryl methyl sites for hydroxylation is 1. The quantitative estimate of drug-likeness (QED) is 0.684. The largest absolute Gasteiger partial charge is 0.454 e. The van der Waals surface area contributed by atoms with Crippen molar-refractivity contribution in [1.82, 2.24) is 19.9 Å². The topological polar surface area (TPSA) is 115 Å². The first kappa shape index (κ1) is 17.8. The van der Waals surface area contributed by atoms with E-state index in [-0.39, 0.29) is 35.8 Å². The van der Waals surface area contributed by atoms with Crippen molar-refractivity contribution in [2.75, 3.05) is 6.79 Å². The number of hydrogen-bond donors (Lipinski definition) is 2. The second kappa shape index (κ2) is 7.18. The number of amides is 1. The van der Waals surface area contributed by atoms with Gasteiger partial charge in [-0.15, -0.1) is 0 Å². The van der Waals surface area contributed by atoms with Gasteiger partial charge in [0, 0.05) is 19.3 Å². The molecule has 0 saturated carbocycles. The normalized spacial score (nSPS) is 12.3. The van der Waals surface area contributed by atoms with Crippen LogP contribution in [0.2, 0.25) is 0 Å². The molecule has 0 unspecified atom stereocenters. The van der Waals surface area contributed by atoms with Crippen LogP contribution in [0.1, 0.15) is 29.3 Å². The minimum Gasteiger partial charge on any atom is -0.454 e. The van der Waals surface area contributed by atoms with Crippen LogP contribution in [-0.4, -0.2) is 27.2 Å².